The average molecular weight is 452 g/mol. The second-order valence-electron chi connectivity index (χ2n) is 8.06. The lowest BCUT2D eigenvalue weighted by Crippen LogP contribution is -2.30. The quantitative estimate of drug-likeness (QED) is 0.276. The summed E-state index contributed by atoms with van der Waals surface area (Å²) < 4.78 is 16.7. The van der Waals surface area contributed by atoms with Crippen molar-refractivity contribution in [2.45, 2.75) is 39.2 Å². The highest BCUT2D eigenvalue weighted by molar-refractivity contribution is 6.46. The minimum atomic E-state index is -0.683. The zero-order valence-electron chi connectivity index (χ0n) is 19.0. The average Bonchev–Trinajstić information content (AvgIpc) is 3.09. The van der Waals surface area contributed by atoms with Crippen molar-refractivity contribution in [1.82, 2.24) is 4.90 Å². The molecule has 1 saturated heterocycles. The number of nitrogens with zero attached hydrogens (tertiary/aromatic N) is 1. The molecule has 2 heterocycles. The predicted molar refractivity (Wildman–Crippen MR) is 124 cm³/mol. The number of hydrogen-bond donors (Lipinski definition) is 1. The zero-order chi connectivity index (χ0) is 23.4. The van der Waals surface area contributed by atoms with E-state index in [-0.39, 0.29) is 11.3 Å². The van der Waals surface area contributed by atoms with Crippen molar-refractivity contribution in [3.8, 4) is 17.2 Å². The summed E-state index contributed by atoms with van der Waals surface area (Å²) in [6.45, 7) is 5.83. The molecule has 0 bridgehead atoms. The Morgan fingerprint density at radius 3 is 2.45 bits per heavy atom. The molecule has 0 saturated carbocycles. The maximum absolute atomic E-state index is 13.1. The third-order valence-electron chi connectivity index (χ3n) is 5.86. The highest BCUT2D eigenvalue weighted by Crippen LogP contribution is 2.41. The smallest absolute Gasteiger partial charge is 0.295 e. The fraction of sp³-hybridized carbons (Fsp3) is 0.385. The highest BCUT2D eigenvalue weighted by Gasteiger charge is 2.45. The molecule has 7 heteroatoms. The minimum absolute atomic E-state index is 0.0809. The number of ketones is 1. The van der Waals surface area contributed by atoms with Crippen LogP contribution in [0.3, 0.4) is 0 Å². The predicted octanol–water partition coefficient (Wildman–Crippen LogP) is 4.47. The van der Waals surface area contributed by atoms with Crippen LogP contribution in [-0.2, 0) is 9.59 Å². The van der Waals surface area contributed by atoms with Crippen LogP contribution in [0, 0.1) is 0 Å². The summed E-state index contributed by atoms with van der Waals surface area (Å²) in [5, 5.41) is 11.2. The van der Waals surface area contributed by atoms with Gasteiger partial charge in [-0.2, -0.15) is 0 Å². The first-order valence-corrected chi connectivity index (χ1v) is 11.5. The maximum Gasteiger partial charge on any atom is 0.295 e. The van der Waals surface area contributed by atoms with Gasteiger partial charge < -0.3 is 24.2 Å². The molecule has 1 atom stereocenters. The van der Waals surface area contributed by atoms with Crippen molar-refractivity contribution in [2.24, 2.45) is 0 Å². The number of hydrogen-bond acceptors (Lipinski definition) is 6. The molecular formula is C26H29NO6. The van der Waals surface area contributed by atoms with Gasteiger partial charge in [-0.15, -0.1) is 0 Å². The highest BCUT2D eigenvalue weighted by atomic mass is 16.6. The number of ether oxygens (including phenoxy) is 3. The number of fused-ring (bicyclic) bond motifs is 1. The lowest BCUT2D eigenvalue weighted by atomic mass is 9.95. The van der Waals surface area contributed by atoms with E-state index in [4.69, 9.17) is 14.2 Å². The first-order valence-electron chi connectivity index (χ1n) is 11.5. The monoisotopic (exact) mass is 451 g/mol. The fourth-order valence-electron chi connectivity index (χ4n) is 4.25. The van der Waals surface area contributed by atoms with Gasteiger partial charge in [-0.1, -0.05) is 31.9 Å². The Bertz CT molecular complexity index is 1060. The van der Waals surface area contributed by atoms with Gasteiger partial charge >= 0.3 is 0 Å². The Hall–Kier alpha value is -3.48. The molecule has 0 spiro atoms. The fourth-order valence-corrected chi connectivity index (χ4v) is 4.25. The van der Waals surface area contributed by atoms with Crippen LogP contribution in [0.2, 0.25) is 0 Å². The molecule has 0 radical (unpaired) electrons. The lowest BCUT2D eigenvalue weighted by Gasteiger charge is -2.25. The van der Waals surface area contributed by atoms with Gasteiger partial charge in [0.25, 0.3) is 11.7 Å². The van der Waals surface area contributed by atoms with Crippen molar-refractivity contribution in [1.29, 1.82) is 0 Å². The lowest BCUT2D eigenvalue weighted by molar-refractivity contribution is -0.139. The number of unbranched alkanes of at least 4 members (excludes halogenated alkanes) is 2. The molecule has 174 valence electrons. The van der Waals surface area contributed by atoms with Crippen LogP contribution in [-0.4, -0.2) is 48.1 Å². The van der Waals surface area contributed by atoms with Gasteiger partial charge in [-0.25, -0.2) is 0 Å². The van der Waals surface area contributed by atoms with Crippen LogP contribution in [0.4, 0.5) is 0 Å². The molecular weight excluding hydrogens is 422 g/mol. The van der Waals surface area contributed by atoms with E-state index in [1.54, 1.807) is 23.1 Å². The number of carbonyl (C=O) groups excluding carboxylic acids is 2. The Morgan fingerprint density at radius 2 is 1.76 bits per heavy atom. The largest absolute Gasteiger partial charge is 0.507 e. The first kappa shape index (κ1) is 22.7. The van der Waals surface area contributed by atoms with E-state index in [0.717, 1.165) is 24.8 Å². The van der Waals surface area contributed by atoms with E-state index in [9.17, 15) is 14.7 Å². The van der Waals surface area contributed by atoms with E-state index >= 15 is 0 Å². The van der Waals surface area contributed by atoms with Crippen molar-refractivity contribution >= 4 is 17.4 Å². The number of benzene rings is 2. The molecule has 4 rings (SSSR count). The van der Waals surface area contributed by atoms with E-state index in [1.807, 2.05) is 31.2 Å². The molecule has 0 aliphatic carbocycles. The Morgan fingerprint density at radius 1 is 1.03 bits per heavy atom. The molecule has 1 amide bonds. The van der Waals surface area contributed by atoms with Crippen molar-refractivity contribution in [3.05, 3.63) is 59.2 Å². The second-order valence-corrected chi connectivity index (χ2v) is 8.06. The van der Waals surface area contributed by atoms with Gasteiger partial charge in [0.15, 0.2) is 11.5 Å². The summed E-state index contributed by atoms with van der Waals surface area (Å²) in [6, 6.07) is 11.6. The number of likely N-dealkylation sites (tertiary alicyclic amines) is 1. The van der Waals surface area contributed by atoms with Crippen LogP contribution >= 0.6 is 0 Å². The van der Waals surface area contributed by atoms with Gasteiger partial charge in [0.1, 0.15) is 24.7 Å². The number of carbonyl (C=O) groups is 2. The van der Waals surface area contributed by atoms with Gasteiger partial charge in [0.05, 0.1) is 18.2 Å². The van der Waals surface area contributed by atoms with Crippen molar-refractivity contribution < 1.29 is 28.9 Å². The van der Waals surface area contributed by atoms with Crippen LogP contribution < -0.4 is 14.2 Å². The van der Waals surface area contributed by atoms with E-state index in [2.05, 4.69) is 6.92 Å². The molecule has 2 aliphatic rings. The van der Waals surface area contributed by atoms with Crippen molar-refractivity contribution in [2.75, 3.05) is 26.4 Å². The molecule has 1 N–H and O–H groups in total. The zero-order valence-corrected chi connectivity index (χ0v) is 19.0. The molecule has 2 aromatic carbocycles. The van der Waals surface area contributed by atoms with Gasteiger partial charge in [-0.05, 0) is 49.2 Å². The van der Waals surface area contributed by atoms with Crippen LogP contribution in [0.5, 0.6) is 17.2 Å². The van der Waals surface area contributed by atoms with E-state index in [0.29, 0.717) is 49.2 Å². The number of amides is 1. The number of aliphatic hydroxyl groups excluding tert-OH is 1. The first-order chi connectivity index (χ1) is 16.0. The second kappa shape index (κ2) is 9.98. The van der Waals surface area contributed by atoms with Gasteiger partial charge in [0, 0.05) is 12.1 Å². The third kappa shape index (κ3) is 4.53. The van der Waals surface area contributed by atoms with Gasteiger partial charge in [-0.3, -0.25) is 9.59 Å². The van der Waals surface area contributed by atoms with Gasteiger partial charge in [0.2, 0.25) is 0 Å². The molecule has 1 fully saturated rings. The van der Waals surface area contributed by atoms with Crippen LogP contribution in [0.1, 0.15) is 50.3 Å². The normalized spacial score (nSPS) is 19.1. The maximum atomic E-state index is 13.1. The molecule has 2 aliphatic heterocycles. The SMILES string of the molecule is CCCCCN1C(=O)C(=O)/C(=C(\O)c2ccc3c(c2)OCCO3)C1c1ccc(OCC)cc1. The van der Waals surface area contributed by atoms with Crippen LogP contribution in [0.15, 0.2) is 48.0 Å². The topological polar surface area (TPSA) is 85.3 Å². The standard InChI is InChI=1S/C26H29NO6/c1-3-5-6-13-27-23(17-7-10-19(11-8-17)31-4-2)22(25(29)26(27)30)24(28)18-9-12-20-21(16-18)33-15-14-32-20/h7-12,16,23,28H,3-6,13-15H2,1-2H3/b24-22-. The summed E-state index contributed by atoms with van der Waals surface area (Å²) in [5.74, 6) is 0.293. The molecule has 33 heavy (non-hydrogen) atoms. The Balaban J connectivity index is 1.77. The minimum Gasteiger partial charge on any atom is -0.507 e. The molecule has 0 aromatic heterocycles. The van der Waals surface area contributed by atoms with E-state index in [1.165, 1.54) is 0 Å². The summed E-state index contributed by atoms with van der Waals surface area (Å²) in [5.41, 5.74) is 1.23. The van der Waals surface area contributed by atoms with Crippen LogP contribution in [0.25, 0.3) is 5.76 Å². The molecule has 7 nitrogen and oxygen atoms in total. The third-order valence-corrected chi connectivity index (χ3v) is 5.86. The summed E-state index contributed by atoms with van der Waals surface area (Å²) in [7, 11) is 0. The summed E-state index contributed by atoms with van der Waals surface area (Å²) >= 11 is 0. The number of rotatable bonds is 8. The Labute approximate surface area is 193 Å². The molecule has 2 aromatic rings. The summed E-state index contributed by atoms with van der Waals surface area (Å²) in [4.78, 5) is 27.7. The summed E-state index contributed by atoms with van der Waals surface area (Å²) in [6.07, 6.45) is 2.72. The number of aliphatic hydroxyl groups is 1. The molecule has 1 unspecified atom stereocenters. The van der Waals surface area contributed by atoms with Crippen molar-refractivity contribution in [3.63, 3.8) is 0 Å². The Kier molecular flexibility index (Phi) is 6.87. The van der Waals surface area contributed by atoms with E-state index < -0.39 is 17.7 Å². The number of Topliss-reactive ketones (excluding diaryl/α,β-unsaturated/α-hetero) is 1.